The first-order valence-corrected chi connectivity index (χ1v) is 11.2. The van der Waals surface area contributed by atoms with Crippen LogP contribution in [0.5, 0.6) is 5.75 Å². The van der Waals surface area contributed by atoms with Gasteiger partial charge in [0.15, 0.2) is 0 Å². The number of ether oxygens (including phenoxy) is 1. The first-order valence-electron chi connectivity index (χ1n) is 8.75. The van der Waals surface area contributed by atoms with E-state index in [9.17, 15) is 4.79 Å². The van der Waals surface area contributed by atoms with Crippen molar-refractivity contribution >= 4 is 27.5 Å². The van der Waals surface area contributed by atoms with E-state index < -0.39 is 0 Å². The molecule has 0 aliphatic carbocycles. The van der Waals surface area contributed by atoms with Crippen LogP contribution in [-0.2, 0) is 11.3 Å². The Hall–Kier alpha value is -1.64. The molecule has 0 radical (unpaired) electrons. The van der Waals surface area contributed by atoms with Gasteiger partial charge >= 0.3 is 0 Å². The molecule has 2 aliphatic heterocycles. The number of carbonyl (C=O) groups is 1. The van der Waals surface area contributed by atoms with Gasteiger partial charge in [0.2, 0.25) is 5.91 Å². The lowest BCUT2D eigenvalue weighted by molar-refractivity contribution is -0.122. The number of aromatic nitrogens is 2. The monoisotopic (exact) mass is 390 g/mol. The number of nitrogens with one attached hydrogen (secondary N) is 2. The molecule has 2 aliphatic rings. The third-order valence-corrected chi connectivity index (χ3v) is 7.13. The molecule has 8 heteroatoms. The predicted molar refractivity (Wildman–Crippen MR) is 106 cm³/mol. The topological polar surface area (TPSA) is 68.2 Å². The molecule has 2 unspecified atom stereocenters. The standard InChI is InChI=1S/C18H22N4O2S2/c1-24-16-5-3-2-4-12(16)14-10-22-8-7-19-18(23)15-11-26-25-9-6-13(20-15)17(22)21-14/h2-5,10,13,15,20H,6-9,11H2,1H3,(H,19,23). The summed E-state index contributed by atoms with van der Waals surface area (Å²) in [7, 11) is 5.28. The summed E-state index contributed by atoms with van der Waals surface area (Å²) in [4.78, 5) is 17.4. The van der Waals surface area contributed by atoms with Gasteiger partial charge in [-0.25, -0.2) is 4.98 Å². The summed E-state index contributed by atoms with van der Waals surface area (Å²) < 4.78 is 7.67. The molecule has 3 heterocycles. The predicted octanol–water partition coefficient (Wildman–Crippen LogP) is 2.47. The minimum Gasteiger partial charge on any atom is -0.496 e. The lowest BCUT2D eigenvalue weighted by Crippen LogP contribution is -2.47. The Labute approximate surface area is 160 Å². The number of nitrogens with zero attached hydrogens (tertiary/aromatic N) is 2. The summed E-state index contributed by atoms with van der Waals surface area (Å²) >= 11 is 0. The molecule has 0 saturated carbocycles. The molecule has 1 fully saturated rings. The molecule has 1 aromatic carbocycles. The first-order chi connectivity index (χ1) is 12.8. The number of methoxy groups -OCH3 is 1. The second-order valence-electron chi connectivity index (χ2n) is 6.34. The molecule has 1 aromatic heterocycles. The smallest absolute Gasteiger partial charge is 0.238 e. The van der Waals surface area contributed by atoms with E-state index in [2.05, 4.69) is 21.4 Å². The lowest BCUT2D eigenvalue weighted by atomic mass is 10.1. The largest absolute Gasteiger partial charge is 0.496 e. The quantitative estimate of drug-likeness (QED) is 0.768. The molecule has 2 N–H and O–H groups in total. The second kappa shape index (κ2) is 7.94. The van der Waals surface area contributed by atoms with Gasteiger partial charge in [0.1, 0.15) is 11.6 Å². The van der Waals surface area contributed by atoms with Gasteiger partial charge in [-0.1, -0.05) is 33.7 Å². The van der Waals surface area contributed by atoms with Crippen LogP contribution in [0.15, 0.2) is 30.5 Å². The second-order valence-corrected chi connectivity index (χ2v) is 8.96. The Morgan fingerprint density at radius 2 is 2.15 bits per heavy atom. The first kappa shape index (κ1) is 17.8. The minimum atomic E-state index is -0.184. The van der Waals surface area contributed by atoms with Crippen molar-refractivity contribution in [3.8, 4) is 17.0 Å². The summed E-state index contributed by atoms with van der Waals surface area (Å²) in [5.41, 5.74) is 1.90. The van der Waals surface area contributed by atoms with Crippen LogP contribution in [0.2, 0.25) is 0 Å². The zero-order valence-corrected chi connectivity index (χ0v) is 16.2. The van der Waals surface area contributed by atoms with Gasteiger partial charge in [0, 0.05) is 36.4 Å². The number of fused-ring (bicyclic) bond motifs is 4. The van der Waals surface area contributed by atoms with Crippen LogP contribution in [0.1, 0.15) is 18.3 Å². The van der Waals surface area contributed by atoms with E-state index in [0.717, 1.165) is 40.8 Å². The highest BCUT2D eigenvalue weighted by Crippen LogP contribution is 2.33. The third-order valence-electron chi connectivity index (χ3n) is 4.68. The molecular formula is C18H22N4O2S2. The Balaban J connectivity index is 1.73. The van der Waals surface area contributed by atoms with Gasteiger partial charge in [-0.15, -0.1) is 0 Å². The van der Waals surface area contributed by atoms with Crippen LogP contribution in [0.25, 0.3) is 11.3 Å². The molecule has 2 bridgehead atoms. The van der Waals surface area contributed by atoms with Gasteiger partial charge in [-0.05, 0) is 18.6 Å². The molecular weight excluding hydrogens is 368 g/mol. The number of rotatable bonds is 2. The fourth-order valence-electron chi connectivity index (χ4n) is 3.37. The normalized spacial score (nSPS) is 23.5. The number of benzene rings is 1. The van der Waals surface area contributed by atoms with Gasteiger partial charge in [-0.2, -0.15) is 0 Å². The molecule has 6 nitrogen and oxygen atoms in total. The Morgan fingerprint density at radius 1 is 1.27 bits per heavy atom. The van der Waals surface area contributed by atoms with Crippen molar-refractivity contribution in [1.82, 2.24) is 20.2 Å². The van der Waals surface area contributed by atoms with Gasteiger partial charge < -0.3 is 14.6 Å². The van der Waals surface area contributed by atoms with Crippen LogP contribution < -0.4 is 15.4 Å². The van der Waals surface area contributed by atoms with Crippen molar-refractivity contribution in [2.75, 3.05) is 25.2 Å². The van der Waals surface area contributed by atoms with Crippen molar-refractivity contribution in [3.63, 3.8) is 0 Å². The summed E-state index contributed by atoms with van der Waals surface area (Å²) in [6.45, 7) is 1.32. The number of imidazole rings is 1. The molecule has 26 heavy (non-hydrogen) atoms. The van der Waals surface area contributed by atoms with E-state index >= 15 is 0 Å². The van der Waals surface area contributed by atoms with Gasteiger partial charge in [0.25, 0.3) is 0 Å². The number of hydrogen-bond acceptors (Lipinski definition) is 6. The molecule has 4 rings (SSSR count). The highest BCUT2D eigenvalue weighted by molar-refractivity contribution is 8.76. The Bertz CT molecular complexity index is 795. The zero-order chi connectivity index (χ0) is 17.9. The van der Waals surface area contributed by atoms with E-state index in [4.69, 9.17) is 9.72 Å². The molecule has 2 aromatic rings. The minimum absolute atomic E-state index is 0.0701. The average molecular weight is 391 g/mol. The summed E-state index contributed by atoms with van der Waals surface area (Å²) in [5, 5.41) is 6.58. The van der Waals surface area contributed by atoms with E-state index in [1.165, 1.54) is 0 Å². The summed E-state index contributed by atoms with van der Waals surface area (Å²) in [5.74, 6) is 3.71. The maximum absolute atomic E-state index is 12.4. The van der Waals surface area contributed by atoms with Crippen molar-refractivity contribution in [3.05, 3.63) is 36.3 Å². The number of amides is 1. The maximum Gasteiger partial charge on any atom is 0.238 e. The van der Waals surface area contributed by atoms with Gasteiger partial charge in [0.05, 0.1) is 24.9 Å². The third kappa shape index (κ3) is 3.58. The zero-order valence-electron chi connectivity index (χ0n) is 14.6. The number of hydrogen-bond donors (Lipinski definition) is 2. The van der Waals surface area contributed by atoms with Crippen molar-refractivity contribution < 1.29 is 9.53 Å². The van der Waals surface area contributed by atoms with E-state index in [1.54, 1.807) is 17.9 Å². The van der Waals surface area contributed by atoms with Crippen LogP contribution in [0.4, 0.5) is 0 Å². The highest BCUT2D eigenvalue weighted by atomic mass is 33.1. The van der Waals surface area contributed by atoms with E-state index in [-0.39, 0.29) is 18.0 Å². The van der Waals surface area contributed by atoms with E-state index in [0.29, 0.717) is 13.1 Å². The molecule has 1 saturated heterocycles. The number of carbonyl (C=O) groups excluding carboxylic acids is 1. The molecule has 0 spiro atoms. The fourth-order valence-corrected chi connectivity index (χ4v) is 5.64. The van der Waals surface area contributed by atoms with Crippen molar-refractivity contribution in [2.24, 2.45) is 0 Å². The van der Waals surface area contributed by atoms with Crippen molar-refractivity contribution in [1.29, 1.82) is 0 Å². The lowest BCUT2D eigenvalue weighted by Gasteiger charge is -2.25. The SMILES string of the molecule is COc1ccccc1-c1cn2c(n1)C1CCSSCC(N1)C(=O)NCC2. The van der Waals surface area contributed by atoms with E-state index in [1.807, 2.05) is 35.1 Å². The van der Waals surface area contributed by atoms with Crippen LogP contribution in [-0.4, -0.2) is 46.7 Å². The Morgan fingerprint density at radius 3 is 3.04 bits per heavy atom. The average Bonchev–Trinajstić information content (AvgIpc) is 3.06. The highest BCUT2D eigenvalue weighted by Gasteiger charge is 2.29. The van der Waals surface area contributed by atoms with Crippen LogP contribution in [0, 0.1) is 0 Å². The Kier molecular flexibility index (Phi) is 5.42. The number of para-hydroxylation sites is 1. The van der Waals surface area contributed by atoms with Crippen LogP contribution >= 0.6 is 21.6 Å². The fraction of sp³-hybridized carbons (Fsp3) is 0.444. The molecule has 2 atom stereocenters. The summed E-state index contributed by atoms with van der Waals surface area (Å²) in [6.07, 6.45) is 3.02. The molecule has 1 amide bonds. The van der Waals surface area contributed by atoms with Crippen molar-refractivity contribution in [2.45, 2.75) is 25.0 Å². The summed E-state index contributed by atoms with van der Waals surface area (Å²) in [6, 6.07) is 7.83. The van der Waals surface area contributed by atoms with Crippen LogP contribution in [0.3, 0.4) is 0 Å². The molecule has 138 valence electrons. The maximum atomic E-state index is 12.4. The van der Waals surface area contributed by atoms with Gasteiger partial charge in [-0.3, -0.25) is 10.1 Å².